The molecular formula is C48H48F12N4O4. The molecule has 8 rings (SSSR count). The first-order chi connectivity index (χ1) is 31.7. The van der Waals surface area contributed by atoms with E-state index in [1.165, 1.54) is 13.8 Å². The van der Waals surface area contributed by atoms with Gasteiger partial charge in [-0.25, -0.2) is 0 Å². The highest BCUT2D eigenvalue weighted by molar-refractivity contribution is 5.80. The third-order valence-electron chi connectivity index (χ3n) is 13.1. The predicted octanol–water partition coefficient (Wildman–Crippen LogP) is 10.7. The minimum absolute atomic E-state index is 0.00713. The van der Waals surface area contributed by atoms with Crippen molar-refractivity contribution in [2.24, 2.45) is 0 Å². The summed E-state index contributed by atoms with van der Waals surface area (Å²) in [5.74, 6) is -0.131. The molecule has 4 aromatic carbocycles. The van der Waals surface area contributed by atoms with Crippen LogP contribution in [0.5, 0.6) is 0 Å². The van der Waals surface area contributed by atoms with Crippen molar-refractivity contribution >= 4 is 11.8 Å². The molecule has 4 aliphatic rings. The number of hydrogen-bond acceptors (Lipinski definition) is 6. The van der Waals surface area contributed by atoms with E-state index in [2.05, 4.69) is 21.3 Å². The summed E-state index contributed by atoms with van der Waals surface area (Å²) < 4.78 is 171. The zero-order valence-electron chi connectivity index (χ0n) is 36.5. The second-order valence-corrected chi connectivity index (χ2v) is 17.8. The highest BCUT2D eigenvalue weighted by atomic mass is 19.4. The Labute approximate surface area is 383 Å². The standard InChI is InChI=1S/2C24H24F6N2O2/c2*1-14(15-9-17(23(25,26)27)11-18(10-15)24(28,29)30)34-13-22(16-5-3-2-4-6-16)8-7-19-20(32-22)12-21(33)31-19/h2*2-6,9-11,14,19-20,32H,7-8,12-13H2,1H3,(H,31,33)/t14-,19+,20?,22-;14-,19-,20?,22-/m11/s1. The summed E-state index contributed by atoms with van der Waals surface area (Å²) in [4.78, 5) is 23.7. The molecule has 0 aromatic heterocycles. The van der Waals surface area contributed by atoms with E-state index in [-0.39, 0.29) is 85.3 Å². The summed E-state index contributed by atoms with van der Waals surface area (Å²) in [5, 5.41) is 12.8. The van der Waals surface area contributed by atoms with E-state index >= 15 is 0 Å². The van der Waals surface area contributed by atoms with Crippen LogP contribution in [0.15, 0.2) is 97.1 Å². The Morgan fingerprint density at radius 2 is 0.809 bits per heavy atom. The van der Waals surface area contributed by atoms with Crippen LogP contribution in [-0.2, 0) is 54.8 Å². The monoisotopic (exact) mass is 972 g/mol. The van der Waals surface area contributed by atoms with Gasteiger partial charge in [-0.2, -0.15) is 52.7 Å². The zero-order chi connectivity index (χ0) is 49.5. The summed E-state index contributed by atoms with van der Waals surface area (Å²) in [5.41, 5.74) is -5.65. The molecule has 4 heterocycles. The van der Waals surface area contributed by atoms with Crippen molar-refractivity contribution in [1.29, 1.82) is 0 Å². The van der Waals surface area contributed by atoms with Gasteiger partial charge in [-0.3, -0.25) is 9.59 Å². The summed E-state index contributed by atoms with van der Waals surface area (Å²) >= 11 is 0. The van der Waals surface area contributed by atoms with Crippen molar-refractivity contribution in [2.45, 2.75) is 125 Å². The van der Waals surface area contributed by atoms with Gasteiger partial charge >= 0.3 is 24.7 Å². The van der Waals surface area contributed by atoms with Crippen molar-refractivity contribution in [3.8, 4) is 0 Å². The van der Waals surface area contributed by atoms with Crippen LogP contribution in [0.25, 0.3) is 0 Å². The Hall–Kier alpha value is -5.18. The van der Waals surface area contributed by atoms with Crippen molar-refractivity contribution in [3.63, 3.8) is 0 Å². The summed E-state index contributed by atoms with van der Waals surface area (Å²) in [6.45, 7) is 2.88. The summed E-state index contributed by atoms with van der Waals surface area (Å²) in [7, 11) is 0. The van der Waals surface area contributed by atoms with Gasteiger partial charge in [0.25, 0.3) is 0 Å². The molecule has 2 unspecified atom stereocenters. The molecule has 4 N–H and O–H groups in total. The molecule has 0 bridgehead atoms. The first-order valence-electron chi connectivity index (χ1n) is 21.8. The van der Waals surface area contributed by atoms with Gasteiger partial charge in [-0.15, -0.1) is 0 Å². The van der Waals surface area contributed by atoms with Gasteiger partial charge in [-0.1, -0.05) is 60.7 Å². The van der Waals surface area contributed by atoms with E-state index in [1.54, 1.807) is 0 Å². The molecule has 68 heavy (non-hydrogen) atoms. The first kappa shape index (κ1) is 50.7. The Bertz CT molecular complexity index is 2180. The maximum atomic E-state index is 13.3. The molecule has 4 aliphatic heterocycles. The maximum absolute atomic E-state index is 13.3. The number of amides is 2. The van der Waals surface area contributed by atoms with E-state index < -0.39 is 70.2 Å². The molecule has 4 aromatic rings. The zero-order valence-corrected chi connectivity index (χ0v) is 36.5. The quantitative estimate of drug-likeness (QED) is 0.118. The third kappa shape index (κ3) is 11.6. The minimum atomic E-state index is -4.93. The maximum Gasteiger partial charge on any atom is 0.416 e. The average Bonchev–Trinajstić information content (AvgIpc) is 3.85. The predicted molar refractivity (Wildman–Crippen MR) is 223 cm³/mol. The average molecular weight is 973 g/mol. The second kappa shape index (κ2) is 19.3. The van der Waals surface area contributed by atoms with Crippen LogP contribution < -0.4 is 21.3 Å². The third-order valence-corrected chi connectivity index (χ3v) is 13.1. The molecule has 0 spiro atoms. The van der Waals surface area contributed by atoms with Gasteiger partial charge < -0.3 is 30.7 Å². The van der Waals surface area contributed by atoms with Crippen LogP contribution in [0.4, 0.5) is 52.7 Å². The molecule has 0 aliphatic carbocycles. The lowest BCUT2D eigenvalue weighted by atomic mass is 9.79. The highest BCUT2D eigenvalue weighted by Gasteiger charge is 2.48. The van der Waals surface area contributed by atoms with Crippen molar-refractivity contribution < 1.29 is 71.7 Å². The molecule has 4 saturated heterocycles. The lowest BCUT2D eigenvalue weighted by molar-refractivity contribution is -0.145. The number of benzene rings is 4. The Morgan fingerprint density at radius 3 is 1.10 bits per heavy atom. The van der Waals surface area contributed by atoms with E-state index in [4.69, 9.17) is 9.47 Å². The molecule has 0 saturated carbocycles. The summed E-state index contributed by atoms with van der Waals surface area (Å²) in [6.07, 6.45) is -18.7. The van der Waals surface area contributed by atoms with Gasteiger partial charge in [0.05, 0.1) is 58.8 Å². The number of ether oxygens (including phenoxy) is 2. The second-order valence-electron chi connectivity index (χ2n) is 17.8. The smallest absolute Gasteiger partial charge is 0.372 e. The molecule has 4 fully saturated rings. The number of hydrogen-bond donors (Lipinski definition) is 4. The molecule has 0 radical (unpaired) electrons. The van der Waals surface area contributed by atoms with E-state index in [0.717, 1.165) is 11.1 Å². The number of carbonyl (C=O) groups is 2. The Balaban J connectivity index is 0.000000201. The SMILES string of the molecule is C[C@@H](OC[C@@]1(c2ccccc2)CC[C@@H]2NC(=O)CC2N1)c1cc(C(F)(F)F)cc(C(F)(F)F)c1.C[C@@H](OC[C@@]1(c2ccccc2)CC[C@H]2NC(=O)CC2N1)c1cc(C(F)(F)F)cc(C(F)(F)F)c1. The number of piperidine rings is 2. The van der Waals surface area contributed by atoms with E-state index in [9.17, 15) is 62.3 Å². The fourth-order valence-corrected chi connectivity index (χ4v) is 9.44. The lowest BCUT2D eigenvalue weighted by Crippen LogP contribution is -2.59. The van der Waals surface area contributed by atoms with Crippen LogP contribution in [-0.4, -0.2) is 49.2 Å². The highest BCUT2D eigenvalue weighted by Crippen LogP contribution is 2.42. The molecule has 368 valence electrons. The van der Waals surface area contributed by atoms with Gasteiger partial charge in [-0.05, 0) is 98.2 Å². The topological polar surface area (TPSA) is 101 Å². The van der Waals surface area contributed by atoms with Crippen LogP contribution >= 0.6 is 0 Å². The fraction of sp³-hybridized carbons (Fsp3) is 0.458. The van der Waals surface area contributed by atoms with Crippen LogP contribution in [0.1, 0.15) is 109 Å². The van der Waals surface area contributed by atoms with Gasteiger partial charge in [0.2, 0.25) is 11.8 Å². The van der Waals surface area contributed by atoms with Crippen molar-refractivity contribution in [3.05, 3.63) is 142 Å². The molecule has 8 atom stereocenters. The number of nitrogens with one attached hydrogen (secondary N) is 4. The molecule has 20 heteroatoms. The van der Waals surface area contributed by atoms with E-state index in [0.29, 0.717) is 49.9 Å². The minimum Gasteiger partial charge on any atom is -0.372 e. The Morgan fingerprint density at radius 1 is 0.500 bits per heavy atom. The van der Waals surface area contributed by atoms with E-state index in [1.807, 2.05) is 60.7 Å². The normalized spacial score (nSPS) is 26.1. The molecule has 2 amide bonds. The lowest BCUT2D eigenvalue weighted by Gasteiger charge is -2.44. The largest absolute Gasteiger partial charge is 0.416 e. The van der Waals surface area contributed by atoms with Gasteiger partial charge in [0, 0.05) is 37.0 Å². The van der Waals surface area contributed by atoms with Crippen molar-refractivity contribution in [1.82, 2.24) is 21.3 Å². The van der Waals surface area contributed by atoms with Crippen molar-refractivity contribution in [2.75, 3.05) is 13.2 Å². The molecule has 8 nitrogen and oxygen atoms in total. The number of carbonyl (C=O) groups excluding carboxylic acids is 2. The number of rotatable bonds is 10. The number of fused-ring (bicyclic) bond motifs is 2. The van der Waals surface area contributed by atoms with Crippen LogP contribution in [0.3, 0.4) is 0 Å². The summed E-state index contributed by atoms with van der Waals surface area (Å²) in [6, 6.07) is 21.2. The Kier molecular flexibility index (Phi) is 14.4. The van der Waals surface area contributed by atoms with Gasteiger partial charge in [0.1, 0.15) is 0 Å². The number of halogens is 12. The van der Waals surface area contributed by atoms with Crippen LogP contribution in [0.2, 0.25) is 0 Å². The first-order valence-corrected chi connectivity index (χ1v) is 21.8. The van der Waals surface area contributed by atoms with Gasteiger partial charge in [0.15, 0.2) is 0 Å². The molecular weight excluding hydrogens is 925 g/mol. The fourth-order valence-electron chi connectivity index (χ4n) is 9.44. The van der Waals surface area contributed by atoms with Crippen LogP contribution in [0, 0.1) is 0 Å². The number of alkyl halides is 12.